The Morgan fingerprint density at radius 2 is 2.06 bits per heavy atom. The highest BCUT2D eigenvalue weighted by atomic mass is 16.3. The Morgan fingerprint density at radius 1 is 1.22 bits per heavy atom. The number of hydrogen-bond donors (Lipinski definition) is 1. The fourth-order valence-electron chi connectivity index (χ4n) is 3.53. The van der Waals surface area contributed by atoms with Crippen molar-refractivity contribution in [2.45, 2.75) is 45.1 Å². The van der Waals surface area contributed by atoms with Crippen molar-refractivity contribution in [3.05, 3.63) is 29.3 Å². The summed E-state index contributed by atoms with van der Waals surface area (Å²) in [6.07, 6.45) is 8.60. The standard InChI is InChI=1S/C16H21NO/c1-11-3-2-4-14(16(11)18)10-17-15-8-6-12-5-7-13(15)9-12/h2-4,10,12-13,15,18H,5-9H2,1H3. The minimum absolute atomic E-state index is 0.376. The van der Waals surface area contributed by atoms with Gasteiger partial charge in [0.05, 0.1) is 6.04 Å². The molecule has 96 valence electrons. The topological polar surface area (TPSA) is 32.6 Å². The van der Waals surface area contributed by atoms with Crippen LogP contribution in [-0.4, -0.2) is 17.4 Å². The highest BCUT2D eigenvalue weighted by Gasteiger charge is 2.35. The molecule has 2 nitrogen and oxygen atoms in total. The molecule has 0 radical (unpaired) electrons. The summed E-state index contributed by atoms with van der Waals surface area (Å²) in [5, 5.41) is 9.97. The zero-order chi connectivity index (χ0) is 12.5. The molecule has 3 unspecified atom stereocenters. The van der Waals surface area contributed by atoms with Crippen LogP contribution in [0.3, 0.4) is 0 Å². The van der Waals surface area contributed by atoms with Crippen molar-refractivity contribution >= 4 is 6.21 Å². The maximum absolute atomic E-state index is 9.97. The molecule has 2 aliphatic carbocycles. The summed E-state index contributed by atoms with van der Waals surface area (Å²) in [7, 11) is 0. The first-order valence-electron chi connectivity index (χ1n) is 7.06. The second-order valence-electron chi connectivity index (χ2n) is 5.87. The van der Waals surface area contributed by atoms with Gasteiger partial charge in [0.25, 0.3) is 0 Å². The van der Waals surface area contributed by atoms with Crippen LogP contribution in [0.2, 0.25) is 0 Å². The van der Waals surface area contributed by atoms with Crippen LogP contribution in [-0.2, 0) is 0 Å². The van der Waals surface area contributed by atoms with E-state index < -0.39 is 0 Å². The summed E-state index contributed by atoms with van der Waals surface area (Å²) >= 11 is 0. The Balaban J connectivity index is 1.75. The molecule has 2 saturated carbocycles. The van der Waals surface area contributed by atoms with E-state index in [9.17, 15) is 5.11 Å². The molecule has 3 atom stereocenters. The summed E-state index contributed by atoms with van der Waals surface area (Å²) < 4.78 is 0. The maximum atomic E-state index is 9.97. The molecule has 0 aliphatic heterocycles. The predicted molar refractivity (Wildman–Crippen MR) is 74.3 cm³/mol. The minimum Gasteiger partial charge on any atom is -0.507 e. The number of nitrogens with zero attached hydrogens (tertiary/aromatic N) is 1. The average Bonchev–Trinajstić information content (AvgIpc) is 2.76. The Hall–Kier alpha value is -1.31. The van der Waals surface area contributed by atoms with Gasteiger partial charge in [0, 0.05) is 11.8 Å². The highest BCUT2D eigenvalue weighted by Crippen LogP contribution is 2.43. The molecular formula is C16H21NO. The number of phenolic OH excluding ortho intramolecular Hbond substituents is 1. The zero-order valence-electron chi connectivity index (χ0n) is 11.0. The van der Waals surface area contributed by atoms with E-state index in [-0.39, 0.29) is 0 Å². The molecule has 1 N–H and O–H groups in total. The summed E-state index contributed by atoms with van der Waals surface area (Å²) in [4.78, 5) is 4.75. The van der Waals surface area contributed by atoms with Crippen LogP contribution in [0.15, 0.2) is 23.2 Å². The molecule has 3 rings (SSSR count). The van der Waals surface area contributed by atoms with Crippen molar-refractivity contribution in [3.63, 3.8) is 0 Å². The van der Waals surface area contributed by atoms with Crippen molar-refractivity contribution in [1.29, 1.82) is 0 Å². The third-order valence-electron chi connectivity index (χ3n) is 4.67. The van der Waals surface area contributed by atoms with Crippen LogP contribution in [0.25, 0.3) is 0 Å². The second-order valence-corrected chi connectivity index (χ2v) is 5.87. The number of aliphatic imine (C=N–C) groups is 1. The first-order chi connectivity index (χ1) is 8.74. The zero-order valence-corrected chi connectivity index (χ0v) is 11.0. The van der Waals surface area contributed by atoms with Gasteiger partial charge in [0.2, 0.25) is 0 Å². The summed E-state index contributed by atoms with van der Waals surface area (Å²) in [6.45, 7) is 1.93. The van der Waals surface area contributed by atoms with Crippen LogP contribution in [0.4, 0.5) is 0 Å². The molecule has 2 aliphatic rings. The summed E-state index contributed by atoms with van der Waals surface area (Å²) in [5.74, 6) is 2.15. The van der Waals surface area contributed by atoms with Gasteiger partial charge in [-0.25, -0.2) is 0 Å². The number of rotatable bonds is 2. The van der Waals surface area contributed by atoms with E-state index in [2.05, 4.69) is 0 Å². The van der Waals surface area contributed by atoms with Crippen molar-refractivity contribution < 1.29 is 5.11 Å². The van der Waals surface area contributed by atoms with Crippen LogP contribution in [0.5, 0.6) is 5.75 Å². The van der Waals surface area contributed by atoms with Gasteiger partial charge < -0.3 is 5.11 Å². The largest absolute Gasteiger partial charge is 0.507 e. The first kappa shape index (κ1) is 11.8. The van der Waals surface area contributed by atoms with Gasteiger partial charge >= 0.3 is 0 Å². The quantitative estimate of drug-likeness (QED) is 0.789. The first-order valence-corrected chi connectivity index (χ1v) is 7.06. The van der Waals surface area contributed by atoms with Gasteiger partial charge in [-0.15, -0.1) is 0 Å². The van der Waals surface area contributed by atoms with Gasteiger partial charge in [-0.05, 0) is 56.1 Å². The predicted octanol–water partition coefficient (Wildman–Crippen LogP) is 3.70. The van der Waals surface area contributed by atoms with E-state index in [1.165, 1.54) is 32.1 Å². The minimum atomic E-state index is 0.376. The lowest BCUT2D eigenvalue weighted by Crippen LogP contribution is -2.21. The molecule has 2 bridgehead atoms. The number of phenols is 1. The molecule has 2 heteroatoms. The van der Waals surface area contributed by atoms with Gasteiger partial charge in [-0.2, -0.15) is 0 Å². The van der Waals surface area contributed by atoms with E-state index in [0.29, 0.717) is 11.8 Å². The smallest absolute Gasteiger partial charge is 0.127 e. The van der Waals surface area contributed by atoms with Crippen molar-refractivity contribution in [3.8, 4) is 5.75 Å². The monoisotopic (exact) mass is 243 g/mol. The SMILES string of the molecule is Cc1cccc(C=NC2CCC3CCC2C3)c1O. The number of fused-ring (bicyclic) bond motifs is 2. The molecule has 0 amide bonds. The highest BCUT2D eigenvalue weighted by molar-refractivity contribution is 5.84. The summed E-state index contributed by atoms with van der Waals surface area (Å²) in [5.41, 5.74) is 1.78. The number of hydrogen-bond acceptors (Lipinski definition) is 2. The lowest BCUT2D eigenvalue weighted by atomic mass is 9.85. The normalized spacial score (nSPS) is 31.1. The average molecular weight is 243 g/mol. The fraction of sp³-hybridized carbons (Fsp3) is 0.562. The van der Waals surface area contributed by atoms with Gasteiger partial charge in [0.1, 0.15) is 5.75 Å². The fourth-order valence-corrected chi connectivity index (χ4v) is 3.53. The van der Waals surface area contributed by atoms with Crippen molar-refractivity contribution in [1.82, 2.24) is 0 Å². The lowest BCUT2D eigenvalue weighted by molar-refractivity contribution is 0.316. The van der Waals surface area contributed by atoms with E-state index in [0.717, 1.165) is 23.0 Å². The van der Waals surface area contributed by atoms with Crippen molar-refractivity contribution in [2.24, 2.45) is 16.8 Å². The third kappa shape index (κ3) is 2.16. The van der Waals surface area contributed by atoms with Crippen LogP contribution in [0.1, 0.15) is 43.2 Å². The maximum Gasteiger partial charge on any atom is 0.127 e. The number of para-hydroxylation sites is 1. The van der Waals surface area contributed by atoms with Gasteiger partial charge in [-0.3, -0.25) is 4.99 Å². The van der Waals surface area contributed by atoms with E-state index in [1.54, 1.807) is 0 Å². The Bertz CT molecular complexity index is 466. The second kappa shape index (κ2) is 4.75. The number of aromatic hydroxyl groups is 1. The van der Waals surface area contributed by atoms with Crippen LogP contribution >= 0.6 is 0 Å². The summed E-state index contributed by atoms with van der Waals surface area (Å²) in [6, 6.07) is 6.33. The van der Waals surface area contributed by atoms with E-state index in [4.69, 9.17) is 4.99 Å². The molecule has 2 fully saturated rings. The Kier molecular flexibility index (Phi) is 3.11. The molecule has 0 heterocycles. The third-order valence-corrected chi connectivity index (χ3v) is 4.67. The molecule has 0 aromatic heterocycles. The van der Waals surface area contributed by atoms with Gasteiger partial charge in [0.15, 0.2) is 0 Å². The van der Waals surface area contributed by atoms with Crippen LogP contribution < -0.4 is 0 Å². The van der Waals surface area contributed by atoms with Crippen LogP contribution in [0, 0.1) is 18.8 Å². The Morgan fingerprint density at radius 3 is 2.94 bits per heavy atom. The lowest BCUT2D eigenvalue weighted by Gasteiger charge is -2.25. The van der Waals surface area contributed by atoms with E-state index >= 15 is 0 Å². The molecule has 0 saturated heterocycles. The molecular weight excluding hydrogens is 222 g/mol. The van der Waals surface area contributed by atoms with Gasteiger partial charge in [-0.1, -0.05) is 18.6 Å². The van der Waals surface area contributed by atoms with E-state index in [1.807, 2.05) is 31.3 Å². The van der Waals surface area contributed by atoms with Crippen molar-refractivity contribution in [2.75, 3.05) is 0 Å². The Labute approximate surface area is 109 Å². The molecule has 18 heavy (non-hydrogen) atoms. The molecule has 0 spiro atoms. The molecule has 1 aromatic rings. The number of benzene rings is 1. The molecule has 1 aromatic carbocycles. The number of aryl methyl sites for hydroxylation is 1.